The number of hydrogen-bond acceptors (Lipinski definition) is 2. The maximum absolute atomic E-state index is 5.93. The van der Waals surface area contributed by atoms with Gasteiger partial charge in [-0.2, -0.15) is 0 Å². The van der Waals surface area contributed by atoms with Crippen molar-refractivity contribution < 1.29 is 0 Å². The maximum Gasteiger partial charge on any atom is 0.0931 e. The molecule has 0 unspecified atom stereocenters. The molecule has 1 N–H and O–H groups in total. The molecule has 0 radical (unpaired) electrons. The first kappa shape index (κ1) is 10.5. The highest BCUT2D eigenvalue weighted by molar-refractivity contribution is 7.16. The monoisotopic (exact) mass is 229 g/mol. The van der Waals surface area contributed by atoms with Crippen LogP contribution in [0, 0.1) is 5.41 Å². The van der Waals surface area contributed by atoms with Gasteiger partial charge in [-0.3, -0.25) is 0 Å². The molecule has 1 fully saturated rings. The highest BCUT2D eigenvalue weighted by Gasteiger charge is 2.36. The van der Waals surface area contributed by atoms with E-state index in [-0.39, 0.29) is 0 Å². The van der Waals surface area contributed by atoms with E-state index in [1.54, 1.807) is 11.3 Å². The molecule has 1 aromatic rings. The predicted octanol–water partition coefficient (Wildman–Crippen LogP) is 3.33. The molecule has 0 aliphatic carbocycles. The second-order valence-electron chi connectivity index (χ2n) is 4.24. The summed E-state index contributed by atoms with van der Waals surface area (Å²) in [7, 11) is 0. The third-order valence-corrected chi connectivity index (χ3v) is 4.19. The van der Waals surface area contributed by atoms with Crippen molar-refractivity contribution in [3.63, 3.8) is 0 Å². The second kappa shape index (κ2) is 4.21. The first-order valence-electron chi connectivity index (χ1n) is 5.19. The van der Waals surface area contributed by atoms with E-state index in [9.17, 15) is 0 Å². The van der Waals surface area contributed by atoms with Gasteiger partial charge in [0.25, 0.3) is 0 Å². The Morgan fingerprint density at radius 2 is 2.29 bits per heavy atom. The molecular weight excluding hydrogens is 214 g/mol. The molecule has 2 heterocycles. The smallest absolute Gasteiger partial charge is 0.0931 e. The molecule has 1 aliphatic heterocycles. The summed E-state index contributed by atoms with van der Waals surface area (Å²) in [5.41, 5.74) is 0.531. The van der Waals surface area contributed by atoms with Gasteiger partial charge in [-0.05, 0) is 25.0 Å². The molecule has 0 aromatic carbocycles. The lowest BCUT2D eigenvalue weighted by Gasteiger charge is -2.42. The van der Waals surface area contributed by atoms with Gasteiger partial charge in [0.15, 0.2) is 0 Å². The highest BCUT2D eigenvalue weighted by atomic mass is 35.5. The fraction of sp³-hybridized carbons (Fsp3) is 0.636. The van der Waals surface area contributed by atoms with Crippen LogP contribution in [0.1, 0.15) is 24.6 Å². The zero-order chi connectivity index (χ0) is 10.0. The third-order valence-electron chi connectivity index (χ3n) is 2.96. The predicted molar refractivity (Wildman–Crippen MR) is 63.2 cm³/mol. The zero-order valence-electron chi connectivity index (χ0n) is 8.48. The van der Waals surface area contributed by atoms with Crippen LogP contribution in [0.15, 0.2) is 12.1 Å². The van der Waals surface area contributed by atoms with Crippen LogP contribution in [0.5, 0.6) is 0 Å². The van der Waals surface area contributed by atoms with Gasteiger partial charge in [-0.25, -0.2) is 0 Å². The Labute approximate surface area is 94.5 Å². The maximum atomic E-state index is 5.93. The summed E-state index contributed by atoms with van der Waals surface area (Å²) < 4.78 is 0.916. The minimum atomic E-state index is 0.531. The fourth-order valence-electron chi connectivity index (χ4n) is 2.22. The lowest BCUT2D eigenvalue weighted by Crippen LogP contribution is -2.54. The summed E-state index contributed by atoms with van der Waals surface area (Å²) in [5.74, 6) is 0. The van der Waals surface area contributed by atoms with Crippen LogP contribution in [-0.4, -0.2) is 13.1 Å². The molecule has 3 heteroatoms. The molecule has 1 aromatic heterocycles. The summed E-state index contributed by atoms with van der Waals surface area (Å²) in [5, 5.41) is 3.39. The standard InChI is InChI=1S/C11H16ClNS/c1-2-5-11(7-13-8-11)6-9-3-4-10(12)14-9/h3-4,13H,2,5-8H2,1H3. The van der Waals surface area contributed by atoms with Crippen molar-refractivity contribution in [2.45, 2.75) is 26.2 Å². The number of nitrogens with one attached hydrogen (secondary N) is 1. The van der Waals surface area contributed by atoms with Crippen LogP contribution in [-0.2, 0) is 6.42 Å². The van der Waals surface area contributed by atoms with Crippen molar-refractivity contribution in [2.75, 3.05) is 13.1 Å². The quantitative estimate of drug-likeness (QED) is 0.835. The molecule has 1 saturated heterocycles. The van der Waals surface area contributed by atoms with E-state index in [0.717, 1.165) is 4.34 Å². The van der Waals surface area contributed by atoms with Crippen molar-refractivity contribution in [1.82, 2.24) is 5.32 Å². The second-order valence-corrected chi connectivity index (χ2v) is 6.04. The van der Waals surface area contributed by atoms with Gasteiger partial charge in [0.2, 0.25) is 0 Å². The van der Waals surface area contributed by atoms with E-state index in [4.69, 9.17) is 11.6 Å². The lowest BCUT2D eigenvalue weighted by molar-refractivity contribution is 0.152. The van der Waals surface area contributed by atoms with Gasteiger partial charge in [0, 0.05) is 23.4 Å². The minimum Gasteiger partial charge on any atom is -0.316 e. The van der Waals surface area contributed by atoms with Gasteiger partial charge in [-0.15, -0.1) is 11.3 Å². The van der Waals surface area contributed by atoms with Crippen LogP contribution < -0.4 is 5.32 Å². The first-order chi connectivity index (χ1) is 6.74. The Balaban J connectivity index is 2.01. The van der Waals surface area contributed by atoms with Crippen LogP contribution in [0.4, 0.5) is 0 Å². The van der Waals surface area contributed by atoms with Gasteiger partial charge >= 0.3 is 0 Å². The van der Waals surface area contributed by atoms with Crippen molar-refractivity contribution >= 4 is 22.9 Å². The van der Waals surface area contributed by atoms with Gasteiger partial charge in [0.1, 0.15) is 0 Å². The molecule has 2 rings (SSSR count). The van der Waals surface area contributed by atoms with Gasteiger partial charge < -0.3 is 5.32 Å². The minimum absolute atomic E-state index is 0.531. The zero-order valence-corrected chi connectivity index (χ0v) is 10.0. The van der Waals surface area contributed by atoms with Crippen LogP contribution >= 0.6 is 22.9 Å². The van der Waals surface area contributed by atoms with Crippen LogP contribution in [0.2, 0.25) is 4.34 Å². The Morgan fingerprint density at radius 3 is 2.71 bits per heavy atom. The first-order valence-corrected chi connectivity index (χ1v) is 6.38. The van der Waals surface area contributed by atoms with E-state index in [2.05, 4.69) is 18.3 Å². The molecule has 14 heavy (non-hydrogen) atoms. The highest BCUT2D eigenvalue weighted by Crippen LogP contribution is 2.35. The number of halogens is 1. The van der Waals surface area contributed by atoms with Crippen molar-refractivity contribution in [3.05, 3.63) is 21.3 Å². The van der Waals surface area contributed by atoms with Crippen LogP contribution in [0.3, 0.4) is 0 Å². The van der Waals surface area contributed by atoms with Gasteiger partial charge in [0.05, 0.1) is 4.34 Å². The van der Waals surface area contributed by atoms with E-state index in [1.165, 1.54) is 37.2 Å². The summed E-state index contributed by atoms with van der Waals surface area (Å²) in [4.78, 5) is 1.44. The van der Waals surface area contributed by atoms with Crippen molar-refractivity contribution in [2.24, 2.45) is 5.41 Å². The number of hydrogen-bond donors (Lipinski definition) is 1. The summed E-state index contributed by atoms with van der Waals surface area (Å²) >= 11 is 7.66. The topological polar surface area (TPSA) is 12.0 Å². The van der Waals surface area contributed by atoms with E-state index >= 15 is 0 Å². The SMILES string of the molecule is CCCC1(Cc2ccc(Cl)s2)CNC1. The molecule has 0 spiro atoms. The largest absolute Gasteiger partial charge is 0.316 e. The average Bonchev–Trinajstić information content (AvgIpc) is 2.48. The molecule has 0 saturated carbocycles. The molecule has 1 aliphatic rings. The third kappa shape index (κ3) is 2.13. The lowest BCUT2D eigenvalue weighted by atomic mass is 9.74. The fourth-order valence-corrected chi connectivity index (χ4v) is 3.48. The summed E-state index contributed by atoms with van der Waals surface area (Å²) in [6.07, 6.45) is 3.81. The molecule has 0 bridgehead atoms. The normalized spacial score (nSPS) is 19.3. The number of thiophene rings is 1. The van der Waals surface area contributed by atoms with E-state index < -0.39 is 0 Å². The van der Waals surface area contributed by atoms with E-state index in [0.29, 0.717) is 5.41 Å². The molecule has 0 amide bonds. The molecule has 1 nitrogen and oxygen atoms in total. The van der Waals surface area contributed by atoms with Crippen molar-refractivity contribution in [3.8, 4) is 0 Å². The van der Waals surface area contributed by atoms with E-state index in [1.807, 2.05) is 6.07 Å². The number of rotatable bonds is 4. The Bertz CT molecular complexity index is 304. The summed E-state index contributed by atoms with van der Waals surface area (Å²) in [6, 6.07) is 4.18. The summed E-state index contributed by atoms with van der Waals surface area (Å²) in [6.45, 7) is 4.62. The Kier molecular flexibility index (Phi) is 3.15. The van der Waals surface area contributed by atoms with Crippen LogP contribution in [0.25, 0.3) is 0 Å². The Morgan fingerprint density at radius 1 is 1.50 bits per heavy atom. The van der Waals surface area contributed by atoms with Crippen molar-refractivity contribution in [1.29, 1.82) is 0 Å². The molecule has 0 atom stereocenters. The average molecular weight is 230 g/mol. The Hall–Kier alpha value is -0.0500. The molecular formula is C11H16ClNS. The molecule has 78 valence electrons. The van der Waals surface area contributed by atoms with Gasteiger partial charge in [-0.1, -0.05) is 24.9 Å².